The van der Waals surface area contributed by atoms with Gasteiger partial charge in [0.25, 0.3) is 0 Å². The van der Waals surface area contributed by atoms with Crippen molar-refractivity contribution in [2.45, 2.75) is 13.5 Å². The fourth-order valence-electron chi connectivity index (χ4n) is 1.59. The number of esters is 1. The number of carbonyl (C=O) groups is 1. The summed E-state index contributed by atoms with van der Waals surface area (Å²) in [5, 5.41) is 3.55. The van der Waals surface area contributed by atoms with Gasteiger partial charge in [0, 0.05) is 23.2 Å². The average molecular weight is 288 g/mol. The van der Waals surface area contributed by atoms with Gasteiger partial charge in [-0.3, -0.25) is 0 Å². The maximum absolute atomic E-state index is 11.3. The maximum Gasteiger partial charge on any atom is 0.344 e. The maximum atomic E-state index is 11.3. The summed E-state index contributed by atoms with van der Waals surface area (Å²) in [6.07, 6.45) is 0. The Kier molecular flexibility index (Phi) is 6.45. The van der Waals surface area contributed by atoms with E-state index < -0.39 is 5.97 Å². The van der Waals surface area contributed by atoms with Gasteiger partial charge in [-0.15, -0.1) is 0 Å². The topological polar surface area (TPSA) is 56.8 Å². The van der Waals surface area contributed by atoms with Crippen LogP contribution < -0.4 is 14.8 Å². The molecule has 0 amide bonds. The van der Waals surface area contributed by atoms with Crippen LogP contribution in [0.3, 0.4) is 0 Å². The van der Waals surface area contributed by atoms with E-state index in [-0.39, 0.29) is 6.61 Å². The minimum atomic E-state index is -0.421. The van der Waals surface area contributed by atoms with E-state index in [2.05, 4.69) is 5.32 Å². The molecule has 1 rings (SSSR count). The van der Waals surface area contributed by atoms with Crippen LogP contribution in [0.5, 0.6) is 11.5 Å². The monoisotopic (exact) mass is 287 g/mol. The Labute approximate surface area is 117 Å². The van der Waals surface area contributed by atoms with Gasteiger partial charge < -0.3 is 19.5 Å². The first-order chi connectivity index (χ1) is 9.12. The zero-order valence-corrected chi connectivity index (χ0v) is 12.0. The first kappa shape index (κ1) is 15.6. The molecule has 0 aromatic heterocycles. The first-order valence-corrected chi connectivity index (χ1v) is 6.29. The summed E-state index contributed by atoms with van der Waals surface area (Å²) in [5.41, 5.74) is 0.816. The molecule has 106 valence electrons. The SMILES string of the molecule is CCOC(=O)COc1c(CNC)cc(Cl)cc1OC. The highest BCUT2D eigenvalue weighted by Gasteiger charge is 2.14. The zero-order valence-electron chi connectivity index (χ0n) is 11.3. The summed E-state index contributed by atoms with van der Waals surface area (Å²) in [6, 6.07) is 3.41. The summed E-state index contributed by atoms with van der Waals surface area (Å²) in [4.78, 5) is 11.3. The van der Waals surface area contributed by atoms with Crippen molar-refractivity contribution in [3.8, 4) is 11.5 Å². The van der Waals surface area contributed by atoms with Crippen molar-refractivity contribution in [1.29, 1.82) is 0 Å². The summed E-state index contributed by atoms with van der Waals surface area (Å²) < 4.78 is 15.5. The third kappa shape index (κ3) is 4.61. The Morgan fingerprint density at radius 3 is 2.74 bits per heavy atom. The minimum absolute atomic E-state index is 0.164. The van der Waals surface area contributed by atoms with Crippen molar-refractivity contribution in [2.75, 3.05) is 27.4 Å². The van der Waals surface area contributed by atoms with Gasteiger partial charge in [-0.25, -0.2) is 4.79 Å². The molecule has 0 aliphatic heterocycles. The molecule has 0 saturated carbocycles. The molecule has 0 aliphatic rings. The van der Waals surface area contributed by atoms with E-state index in [1.807, 2.05) is 7.05 Å². The van der Waals surface area contributed by atoms with Gasteiger partial charge in [0.2, 0.25) is 0 Å². The lowest BCUT2D eigenvalue weighted by atomic mass is 10.2. The van der Waals surface area contributed by atoms with Gasteiger partial charge in [-0.05, 0) is 20.0 Å². The third-order valence-corrected chi connectivity index (χ3v) is 2.54. The molecule has 5 nitrogen and oxygen atoms in total. The van der Waals surface area contributed by atoms with Crippen LogP contribution in [-0.2, 0) is 16.1 Å². The Morgan fingerprint density at radius 2 is 2.16 bits per heavy atom. The van der Waals surface area contributed by atoms with Gasteiger partial charge in [-0.2, -0.15) is 0 Å². The molecule has 19 heavy (non-hydrogen) atoms. The second kappa shape index (κ2) is 7.86. The van der Waals surface area contributed by atoms with E-state index in [9.17, 15) is 4.79 Å². The van der Waals surface area contributed by atoms with Gasteiger partial charge in [0.1, 0.15) is 0 Å². The number of rotatable bonds is 7. The summed E-state index contributed by atoms with van der Waals surface area (Å²) in [7, 11) is 3.33. The van der Waals surface area contributed by atoms with Crippen molar-refractivity contribution in [2.24, 2.45) is 0 Å². The molecular weight excluding hydrogens is 270 g/mol. The van der Waals surface area contributed by atoms with Crippen molar-refractivity contribution in [3.63, 3.8) is 0 Å². The van der Waals surface area contributed by atoms with E-state index in [4.69, 9.17) is 25.8 Å². The zero-order chi connectivity index (χ0) is 14.3. The molecule has 0 spiro atoms. The Morgan fingerprint density at radius 1 is 1.42 bits per heavy atom. The van der Waals surface area contributed by atoms with Crippen LogP contribution in [0, 0.1) is 0 Å². The molecule has 0 atom stereocenters. The fraction of sp³-hybridized carbons (Fsp3) is 0.462. The highest BCUT2D eigenvalue weighted by atomic mass is 35.5. The van der Waals surface area contributed by atoms with Gasteiger partial charge in [0.15, 0.2) is 18.1 Å². The molecule has 1 aromatic rings. The van der Waals surface area contributed by atoms with E-state index >= 15 is 0 Å². The molecule has 6 heteroatoms. The first-order valence-electron chi connectivity index (χ1n) is 5.91. The number of nitrogens with one attached hydrogen (secondary N) is 1. The normalized spacial score (nSPS) is 10.1. The smallest absolute Gasteiger partial charge is 0.344 e. The standard InChI is InChI=1S/C13H18ClNO4/c1-4-18-12(16)8-19-13-9(7-15-2)5-10(14)6-11(13)17-3/h5-6,15H,4,7-8H2,1-3H3. The predicted molar refractivity (Wildman–Crippen MR) is 72.9 cm³/mol. The van der Waals surface area contributed by atoms with Crippen LogP contribution in [0.15, 0.2) is 12.1 Å². The van der Waals surface area contributed by atoms with E-state index in [0.717, 1.165) is 5.56 Å². The van der Waals surface area contributed by atoms with E-state index in [1.54, 1.807) is 19.1 Å². The van der Waals surface area contributed by atoms with E-state index in [0.29, 0.717) is 29.7 Å². The Hall–Kier alpha value is -1.46. The van der Waals surface area contributed by atoms with E-state index in [1.165, 1.54) is 7.11 Å². The van der Waals surface area contributed by atoms with Crippen LogP contribution in [0.1, 0.15) is 12.5 Å². The summed E-state index contributed by atoms with van der Waals surface area (Å²) >= 11 is 5.99. The molecule has 0 aliphatic carbocycles. The number of methoxy groups -OCH3 is 1. The second-order valence-corrected chi connectivity index (χ2v) is 4.16. The molecule has 0 bridgehead atoms. The molecule has 0 heterocycles. The quantitative estimate of drug-likeness (QED) is 0.778. The Bertz CT molecular complexity index is 437. The predicted octanol–water partition coefficient (Wildman–Crippen LogP) is 2.01. The minimum Gasteiger partial charge on any atom is -0.493 e. The lowest BCUT2D eigenvalue weighted by Gasteiger charge is -2.15. The van der Waals surface area contributed by atoms with Crippen LogP contribution in [0.4, 0.5) is 0 Å². The van der Waals surface area contributed by atoms with Gasteiger partial charge in [-0.1, -0.05) is 11.6 Å². The van der Waals surface area contributed by atoms with Crippen molar-refractivity contribution >= 4 is 17.6 Å². The molecular formula is C13H18ClNO4. The largest absolute Gasteiger partial charge is 0.493 e. The Balaban J connectivity index is 2.92. The number of hydrogen-bond acceptors (Lipinski definition) is 5. The number of benzene rings is 1. The molecule has 1 aromatic carbocycles. The fourth-order valence-corrected chi connectivity index (χ4v) is 1.82. The lowest BCUT2D eigenvalue weighted by molar-refractivity contribution is -0.145. The van der Waals surface area contributed by atoms with Crippen molar-refractivity contribution in [3.05, 3.63) is 22.7 Å². The number of hydrogen-bond donors (Lipinski definition) is 1. The van der Waals surface area contributed by atoms with Gasteiger partial charge in [0.05, 0.1) is 13.7 Å². The van der Waals surface area contributed by atoms with Crippen LogP contribution in [0.2, 0.25) is 5.02 Å². The van der Waals surface area contributed by atoms with Gasteiger partial charge >= 0.3 is 5.97 Å². The highest BCUT2D eigenvalue weighted by molar-refractivity contribution is 6.30. The molecule has 0 radical (unpaired) electrons. The highest BCUT2D eigenvalue weighted by Crippen LogP contribution is 2.34. The van der Waals surface area contributed by atoms with Crippen LogP contribution >= 0.6 is 11.6 Å². The molecule has 0 saturated heterocycles. The third-order valence-electron chi connectivity index (χ3n) is 2.32. The number of carbonyl (C=O) groups excluding carboxylic acids is 1. The number of halogens is 1. The lowest BCUT2D eigenvalue weighted by Crippen LogP contribution is -2.16. The van der Waals surface area contributed by atoms with Crippen molar-refractivity contribution < 1.29 is 19.0 Å². The molecule has 1 N–H and O–H groups in total. The summed E-state index contributed by atoms with van der Waals surface area (Å²) in [5.74, 6) is 0.561. The van der Waals surface area contributed by atoms with Crippen LogP contribution in [-0.4, -0.2) is 33.3 Å². The summed E-state index contributed by atoms with van der Waals surface area (Å²) in [6.45, 7) is 2.45. The molecule has 0 fully saturated rings. The molecule has 0 unspecified atom stereocenters. The second-order valence-electron chi connectivity index (χ2n) is 3.72. The van der Waals surface area contributed by atoms with Crippen molar-refractivity contribution in [1.82, 2.24) is 5.32 Å². The average Bonchev–Trinajstić information content (AvgIpc) is 2.37. The number of ether oxygens (including phenoxy) is 3. The van der Waals surface area contributed by atoms with Crippen LogP contribution in [0.25, 0.3) is 0 Å².